The second kappa shape index (κ2) is 12.6. The number of imidazole rings is 1. The van der Waals surface area contributed by atoms with Gasteiger partial charge in [0.25, 0.3) is 5.91 Å². The normalized spacial score (nSPS) is 18.2. The number of aromatic nitrogens is 3. The Morgan fingerprint density at radius 3 is 2.37 bits per heavy atom. The lowest BCUT2D eigenvalue weighted by molar-refractivity contribution is -0.121. The average molecular weight is 620 g/mol. The molecular weight excluding hydrogens is 581 g/mol. The number of nitrogens with zero attached hydrogens (tertiary/aromatic N) is 4. The van der Waals surface area contributed by atoms with Crippen LogP contribution in [0.15, 0.2) is 66.9 Å². The first-order chi connectivity index (χ1) is 22.3. The molecule has 4 aromatic rings. The highest BCUT2D eigenvalue weighted by Crippen LogP contribution is 2.36. The molecular formula is C37H38FN5O3. The molecule has 7 rings (SSSR count). The summed E-state index contributed by atoms with van der Waals surface area (Å²) in [6.07, 6.45) is 8.71. The maximum Gasteiger partial charge on any atom is 0.259 e. The van der Waals surface area contributed by atoms with Crippen molar-refractivity contribution in [3.05, 3.63) is 107 Å². The zero-order valence-corrected chi connectivity index (χ0v) is 26.0. The molecule has 1 atom stereocenters. The summed E-state index contributed by atoms with van der Waals surface area (Å²) in [5, 5.41) is 0. The molecule has 2 aliphatic carbocycles. The fraction of sp³-hybridized carbons (Fsp3) is 0.378. The fourth-order valence-corrected chi connectivity index (χ4v) is 6.59. The molecule has 46 heavy (non-hydrogen) atoms. The predicted molar refractivity (Wildman–Crippen MR) is 173 cm³/mol. The van der Waals surface area contributed by atoms with Crippen molar-refractivity contribution < 1.29 is 18.8 Å². The van der Waals surface area contributed by atoms with Crippen molar-refractivity contribution in [2.45, 2.75) is 58.3 Å². The number of Topliss-reactive ketones (excluding diaryl/α,β-unsaturated/α-hetero) is 1. The number of hydrogen-bond donors (Lipinski definition) is 1. The second-order valence-electron chi connectivity index (χ2n) is 13.1. The summed E-state index contributed by atoms with van der Waals surface area (Å²) < 4.78 is 14.5. The van der Waals surface area contributed by atoms with Gasteiger partial charge in [0.05, 0.1) is 5.56 Å². The van der Waals surface area contributed by atoms with Gasteiger partial charge in [0.2, 0.25) is 5.91 Å². The summed E-state index contributed by atoms with van der Waals surface area (Å²) in [5.74, 6) is -0.329. The van der Waals surface area contributed by atoms with E-state index in [1.165, 1.54) is 12.5 Å². The Hall–Kier alpha value is -4.66. The topological polar surface area (TPSA) is 99.3 Å². The van der Waals surface area contributed by atoms with Crippen LogP contribution < -0.4 is 9.80 Å². The summed E-state index contributed by atoms with van der Waals surface area (Å²) >= 11 is 0. The molecule has 1 N–H and O–H groups in total. The molecule has 3 aliphatic rings. The lowest BCUT2D eigenvalue weighted by atomic mass is 9.83. The molecule has 0 radical (unpaired) electrons. The molecule has 236 valence electrons. The number of rotatable bonds is 10. The van der Waals surface area contributed by atoms with E-state index in [9.17, 15) is 18.8 Å². The van der Waals surface area contributed by atoms with Crippen LogP contribution in [0.1, 0.15) is 82.0 Å². The van der Waals surface area contributed by atoms with E-state index < -0.39 is 11.7 Å². The Morgan fingerprint density at radius 1 is 0.978 bits per heavy atom. The van der Waals surface area contributed by atoms with Gasteiger partial charge in [-0.3, -0.25) is 24.3 Å². The quantitative estimate of drug-likeness (QED) is 0.205. The van der Waals surface area contributed by atoms with Crippen LogP contribution in [-0.4, -0.2) is 45.6 Å². The molecule has 8 nitrogen and oxygen atoms in total. The molecule has 2 aromatic carbocycles. The minimum Gasteiger partial charge on any atom is -0.337 e. The summed E-state index contributed by atoms with van der Waals surface area (Å²) in [6.45, 7) is 3.07. The molecule has 2 aromatic heterocycles. The van der Waals surface area contributed by atoms with Gasteiger partial charge >= 0.3 is 0 Å². The van der Waals surface area contributed by atoms with E-state index in [1.54, 1.807) is 29.3 Å². The van der Waals surface area contributed by atoms with Crippen molar-refractivity contribution in [1.29, 1.82) is 0 Å². The Bertz CT molecular complexity index is 1760. The van der Waals surface area contributed by atoms with Crippen molar-refractivity contribution in [2.75, 3.05) is 22.9 Å². The number of H-pyrrole nitrogens is 1. The molecule has 0 spiro atoms. The molecule has 0 saturated heterocycles. The van der Waals surface area contributed by atoms with Crippen LogP contribution in [0.5, 0.6) is 0 Å². The third-order valence-corrected chi connectivity index (χ3v) is 9.85. The molecule has 2 saturated carbocycles. The van der Waals surface area contributed by atoms with Gasteiger partial charge in [-0.1, -0.05) is 43.2 Å². The summed E-state index contributed by atoms with van der Waals surface area (Å²) in [7, 11) is 0. The van der Waals surface area contributed by atoms with Crippen LogP contribution >= 0.6 is 0 Å². The largest absolute Gasteiger partial charge is 0.337 e. The number of carbonyl (C=O) groups excluding carboxylic acids is 3. The van der Waals surface area contributed by atoms with Crippen LogP contribution in [0.4, 0.5) is 15.9 Å². The van der Waals surface area contributed by atoms with Crippen molar-refractivity contribution in [2.24, 2.45) is 17.8 Å². The van der Waals surface area contributed by atoms with Gasteiger partial charge in [-0.15, -0.1) is 0 Å². The first-order valence-corrected chi connectivity index (χ1v) is 16.4. The van der Waals surface area contributed by atoms with Crippen LogP contribution in [0.25, 0.3) is 0 Å². The second-order valence-corrected chi connectivity index (χ2v) is 13.1. The molecule has 1 aliphatic heterocycles. The van der Waals surface area contributed by atoms with Gasteiger partial charge < -0.3 is 9.88 Å². The van der Waals surface area contributed by atoms with Crippen LogP contribution in [-0.2, 0) is 17.6 Å². The lowest BCUT2D eigenvalue weighted by Crippen LogP contribution is -2.48. The highest BCUT2D eigenvalue weighted by molar-refractivity contribution is 6.20. The van der Waals surface area contributed by atoms with E-state index in [-0.39, 0.29) is 24.0 Å². The van der Waals surface area contributed by atoms with Gasteiger partial charge in [-0.2, -0.15) is 0 Å². The number of nitrogens with one attached hydrogen (secondary N) is 1. The number of anilines is 2. The summed E-state index contributed by atoms with van der Waals surface area (Å²) in [4.78, 5) is 56.8. The minimum absolute atomic E-state index is 0.00942. The van der Waals surface area contributed by atoms with E-state index in [1.807, 2.05) is 48.2 Å². The van der Waals surface area contributed by atoms with Gasteiger partial charge in [-0.05, 0) is 92.3 Å². The van der Waals surface area contributed by atoms with E-state index >= 15 is 0 Å². The minimum atomic E-state index is -1.00. The monoisotopic (exact) mass is 619 g/mol. The van der Waals surface area contributed by atoms with Gasteiger partial charge in [0.1, 0.15) is 23.3 Å². The van der Waals surface area contributed by atoms with Crippen LogP contribution in [0.3, 0.4) is 0 Å². The van der Waals surface area contributed by atoms with Crippen molar-refractivity contribution in [1.82, 2.24) is 15.0 Å². The summed E-state index contributed by atoms with van der Waals surface area (Å²) in [5.41, 5.74) is 3.87. The Morgan fingerprint density at radius 2 is 1.72 bits per heavy atom. The van der Waals surface area contributed by atoms with Crippen molar-refractivity contribution >= 4 is 29.1 Å². The van der Waals surface area contributed by atoms with E-state index in [2.05, 4.69) is 9.97 Å². The summed E-state index contributed by atoms with van der Waals surface area (Å²) in [6, 6.07) is 17.8. The zero-order chi connectivity index (χ0) is 31.8. The predicted octanol–water partition coefficient (Wildman–Crippen LogP) is 6.48. The number of ketones is 1. The van der Waals surface area contributed by atoms with Crippen molar-refractivity contribution in [3.8, 4) is 0 Å². The number of pyridine rings is 1. The molecule has 9 heteroatoms. The zero-order valence-electron chi connectivity index (χ0n) is 26.0. The number of aromatic amines is 1. The van der Waals surface area contributed by atoms with Crippen LogP contribution in [0.2, 0.25) is 0 Å². The lowest BCUT2D eigenvalue weighted by Gasteiger charge is -2.35. The number of benzene rings is 2. The molecule has 2 amide bonds. The van der Waals surface area contributed by atoms with E-state index in [4.69, 9.17) is 4.98 Å². The number of halogens is 1. The van der Waals surface area contributed by atoms with E-state index in [0.29, 0.717) is 59.8 Å². The average Bonchev–Trinajstić information content (AvgIpc) is 3.43. The Kier molecular flexibility index (Phi) is 8.23. The fourth-order valence-electron chi connectivity index (χ4n) is 6.59. The number of amides is 2. The maximum absolute atomic E-state index is 14.5. The third kappa shape index (κ3) is 5.98. The highest BCUT2D eigenvalue weighted by Gasteiger charge is 2.43. The van der Waals surface area contributed by atoms with E-state index in [0.717, 1.165) is 49.0 Å². The Balaban J connectivity index is 1.13. The molecule has 2 fully saturated rings. The van der Waals surface area contributed by atoms with Crippen LogP contribution in [0, 0.1) is 30.5 Å². The van der Waals surface area contributed by atoms with Crippen molar-refractivity contribution in [3.63, 3.8) is 0 Å². The number of carbonyl (C=O) groups is 3. The number of aryl methyl sites for hydroxylation is 1. The first-order valence-electron chi connectivity index (χ1n) is 16.4. The third-order valence-electron chi connectivity index (χ3n) is 9.85. The molecule has 3 heterocycles. The SMILES string of the molecule is Cc1ccc(C(=O)N(CC2CCC2)c2ccc(Cc3nc4c([nH]3)C(=O)C(Cc3ccccc3F)C(=O)N4CC3CCC3)cc2)cn1. The molecule has 1 unspecified atom stereocenters. The smallest absolute Gasteiger partial charge is 0.259 e. The first kappa shape index (κ1) is 30.0. The van der Waals surface area contributed by atoms with Gasteiger partial charge in [0, 0.05) is 37.1 Å². The molecule has 0 bridgehead atoms. The Labute approximate surface area is 268 Å². The standard InChI is InChI=1S/C37H38FN5O3/c1-23-12-15-28(20-39-23)36(45)42(21-25-6-4-7-25)29-16-13-24(14-17-29)18-32-40-33-34(44)30(19-27-10-2-3-11-31(27)38)37(46)43(35(33)41-32)22-26-8-5-9-26/h2-3,10-17,20,25-26,30H,4-9,18-19,21-22H2,1H3,(H,40,41). The maximum atomic E-state index is 14.5. The number of fused-ring (bicyclic) bond motifs is 1. The highest BCUT2D eigenvalue weighted by atomic mass is 19.1. The number of hydrogen-bond acceptors (Lipinski definition) is 5. The van der Waals surface area contributed by atoms with Gasteiger partial charge in [-0.25, -0.2) is 9.37 Å². The van der Waals surface area contributed by atoms with Gasteiger partial charge in [0.15, 0.2) is 11.6 Å².